The van der Waals surface area contributed by atoms with Gasteiger partial charge in [0.05, 0.1) is 30.3 Å². The molecule has 1 aromatic carbocycles. The summed E-state index contributed by atoms with van der Waals surface area (Å²) < 4.78 is 56.9. The molecule has 1 atom stereocenters. The maximum absolute atomic E-state index is 14.5. The van der Waals surface area contributed by atoms with Gasteiger partial charge in [0.15, 0.2) is 21.5 Å². The molecule has 3 rings (SSSR count). The summed E-state index contributed by atoms with van der Waals surface area (Å²) in [4.78, 5) is 16.8. The van der Waals surface area contributed by atoms with E-state index in [1.807, 2.05) is 0 Å². The first-order valence-electron chi connectivity index (χ1n) is 7.74. The Labute approximate surface area is 147 Å². The van der Waals surface area contributed by atoms with Crippen molar-refractivity contribution >= 4 is 27.3 Å². The second kappa shape index (κ2) is 6.96. The molecule has 0 unspecified atom stereocenters. The molecule has 0 radical (unpaired) electrons. The number of amides is 1. The summed E-state index contributed by atoms with van der Waals surface area (Å²) in [6, 6.07) is 2.00. The average molecular weight is 387 g/mol. The Morgan fingerprint density at radius 2 is 1.88 bits per heavy atom. The first kappa shape index (κ1) is 18.2. The summed E-state index contributed by atoms with van der Waals surface area (Å²) in [6.45, 7) is -0.0902. The molecule has 2 fully saturated rings. The van der Waals surface area contributed by atoms with E-state index in [0.717, 1.165) is 17.0 Å². The van der Waals surface area contributed by atoms with Gasteiger partial charge in [-0.3, -0.25) is 4.90 Å². The number of anilines is 2. The zero-order chi connectivity index (χ0) is 18.9. The molecule has 140 valence electrons. The molecule has 9 nitrogen and oxygen atoms in total. The van der Waals surface area contributed by atoms with Gasteiger partial charge in [0.2, 0.25) is 0 Å². The Hall–Kier alpha value is -2.59. The van der Waals surface area contributed by atoms with Crippen molar-refractivity contribution < 1.29 is 26.7 Å². The zero-order valence-electron chi connectivity index (χ0n) is 13.5. The molecule has 2 aliphatic rings. The minimum absolute atomic E-state index is 0.00195. The largest absolute Gasteiger partial charge is 0.444 e. The lowest BCUT2D eigenvalue weighted by atomic mass is 10.2. The molecule has 1 amide bonds. The summed E-state index contributed by atoms with van der Waals surface area (Å²) in [7, 11) is -3.18. The number of hydrogen-bond donors (Lipinski definition) is 0. The van der Waals surface area contributed by atoms with E-state index in [-0.39, 0.29) is 49.1 Å². The fourth-order valence-corrected chi connectivity index (χ4v) is 4.10. The predicted molar refractivity (Wildman–Crippen MR) is 88.9 cm³/mol. The highest BCUT2D eigenvalue weighted by Crippen LogP contribution is 2.31. The van der Waals surface area contributed by atoms with Gasteiger partial charge in [-0.05, 0) is 5.53 Å². The molecule has 2 saturated heterocycles. The van der Waals surface area contributed by atoms with Crippen LogP contribution < -0.4 is 9.80 Å². The highest BCUT2D eigenvalue weighted by molar-refractivity contribution is 7.91. The summed E-state index contributed by atoms with van der Waals surface area (Å²) in [5.74, 6) is -2.14. The van der Waals surface area contributed by atoms with Crippen molar-refractivity contribution in [1.29, 1.82) is 0 Å². The van der Waals surface area contributed by atoms with Crippen molar-refractivity contribution in [2.24, 2.45) is 5.11 Å². The highest BCUT2D eigenvalue weighted by Gasteiger charge is 2.33. The Bertz CT molecular complexity index is 850. The molecule has 0 aromatic heterocycles. The number of carbonyl (C=O) groups is 1. The van der Waals surface area contributed by atoms with Crippen molar-refractivity contribution in [3.05, 3.63) is 34.2 Å². The second-order valence-corrected chi connectivity index (χ2v) is 8.23. The molecule has 0 N–H and O–H groups in total. The van der Waals surface area contributed by atoms with Crippen LogP contribution in [0.15, 0.2) is 17.2 Å². The number of cyclic esters (lactones) is 1. The van der Waals surface area contributed by atoms with E-state index in [1.165, 1.54) is 4.90 Å². The predicted octanol–water partition coefficient (Wildman–Crippen LogP) is 1.84. The third-order valence-electron chi connectivity index (χ3n) is 4.20. The molecule has 1 aromatic rings. The number of ether oxygens (including phenoxy) is 1. The van der Waals surface area contributed by atoms with Crippen LogP contribution in [0.25, 0.3) is 10.4 Å². The lowest BCUT2D eigenvalue weighted by Gasteiger charge is -2.29. The van der Waals surface area contributed by atoms with E-state index < -0.39 is 33.7 Å². The van der Waals surface area contributed by atoms with Gasteiger partial charge in [-0.1, -0.05) is 5.11 Å². The topological polar surface area (TPSA) is 116 Å². The third-order valence-corrected chi connectivity index (χ3v) is 5.81. The summed E-state index contributed by atoms with van der Waals surface area (Å²) >= 11 is 0. The second-order valence-electron chi connectivity index (χ2n) is 5.93. The minimum Gasteiger partial charge on any atom is -0.444 e. The number of sulfone groups is 1. The van der Waals surface area contributed by atoms with Gasteiger partial charge in [0, 0.05) is 30.1 Å². The van der Waals surface area contributed by atoms with Gasteiger partial charge in [0.25, 0.3) is 0 Å². The first-order valence-corrected chi connectivity index (χ1v) is 9.56. The van der Waals surface area contributed by atoms with E-state index in [4.69, 9.17) is 10.3 Å². The number of nitrogens with zero attached hydrogens (tertiary/aromatic N) is 5. The Morgan fingerprint density at radius 1 is 1.27 bits per heavy atom. The van der Waals surface area contributed by atoms with Gasteiger partial charge < -0.3 is 9.64 Å². The molecule has 12 heteroatoms. The van der Waals surface area contributed by atoms with E-state index >= 15 is 0 Å². The van der Waals surface area contributed by atoms with E-state index in [0.29, 0.717) is 0 Å². The van der Waals surface area contributed by atoms with Gasteiger partial charge in [-0.2, -0.15) is 0 Å². The van der Waals surface area contributed by atoms with Crippen molar-refractivity contribution in [3.8, 4) is 0 Å². The lowest BCUT2D eigenvalue weighted by molar-refractivity contribution is 0.145. The number of azide groups is 1. The summed E-state index contributed by atoms with van der Waals surface area (Å²) in [5.41, 5.74) is 7.95. The maximum atomic E-state index is 14.5. The molecule has 2 aliphatic heterocycles. The van der Waals surface area contributed by atoms with Gasteiger partial charge in [-0.25, -0.2) is 22.0 Å². The SMILES string of the molecule is [N-]=[N+]=NC[C@H]1CN(c2cc(F)c(N3CCS(=O)(=O)CC3)c(F)c2)C(=O)O1. The van der Waals surface area contributed by atoms with Crippen LogP contribution in [-0.2, 0) is 14.6 Å². The van der Waals surface area contributed by atoms with Crippen LogP contribution in [0.5, 0.6) is 0 Å². The summed E-state index contributed by atoms with van der Waals surface area (Å²) in [5, 5.41) is 3.31. The molecule has 26 heavy (non-hydrogen) atoms. The van der Waals surface area contributed by atoms with Crippen molar-refractivity contribution in [1.82, 2.24) is 0 Å². The highest BCUT2D eigenvalue weighted by atomic mass is 32.2. The third kappa shape index (κ3) is 3.65. The van der Waals surface area contributed by atoms with Crippen LogP contribution in [0.1, 0.15) is 0 Å². The van der Waals surface area contributed by atoms with E-state index in [1.54, 1.807) is 0 Å². The smallest absolute Gasteiger partial charge is 0.414 e. The molecule has 0 spiro atoms. The monoisotopic (exact) mass is 387 g/mol. The van der Waals surface area contributed by atoms with Gasteiger partial charge in [0.1, 0.15) is 11.8 Å². The quantitative estimate of drug-likeness (QED) is 0.444. The van der Waals surface area contributed by atoms with Crippen molar-refractivity contribution in [3.63, 3.8) is 0 Å². The van der Waals surface area contributed by atoms with Gasteiger partial charge in [-0.15, -0.1) is 0 Å². The van der Waals surface area contributed by atoms with Crippen LogP contribution >= 0.6 is 0 Å². The molecule has 0 bridgehead atoms. The lowest BCUT2D eigenvalue weighted by Crippen LogP contribution is -2.41. The first-order chi connectivity index (χ1) is 12.3. The zero-order valence-corrected chi connectivity index (χ0v) is 14.3. The summed E-state index contributed by atoms with van der Waals surface area (Å²) in [6.07, 6.45) is -1.49. The maximum Gasteiger partial charge on any atom is 0.414 e. The van der Waals surface area contributed by atoms with Gasteiger partial charge >= 0.3 is 6.09 Å². The normalized spacial score (nSPS) is 22.1. The van der Waals surface area contributed by atoms with Crippen LogP contribution in [0.4, 0.5) is 25.0 Å². The molecular weight excluding hydrogens is 372 g/mol. The Kier molecular flexibility index (Phi) is 4.88. The van der Waals surface area contributed by atoms with Crippen molar-refractivity contribution in [2.45, 2.75) is 6.10 Å². The Morgan fingerprint density at radius 3 is 2.46 bits per heavy atom. The number of hydrogen-bond acceptors (Lipinski definition) is 6. The van der Waals surface area contributed by atoms with Crippen molar-refractivity contribution in [2.75, 3.05) is 47.5 Å². The standard InChI is InChI=1S/C14H15F2N5O4S/c15-11-5-9(21-8-10(7-18-19-17)25-14(21)22)6-12(16)13(11)20-1-3-26(23,24)4-2-20/h5-6,10H,1-4,7-8H2/t10-/m0/s1. The van der Waals surface area contributed by atoms with Crippen LogP contribution in [0.2, 0.25) is 0 Å². The molecule has 0 saturated carbocycles. The van der Waals surface area contributed by atoms with E-state index in [2.05, 4.69) is 10.0 Å². The Balaban J connectivity index is 1.81. The number of halogens is 2. The fourth-order valence-electron chi connectivity index (χ4n) is 2.90. The van der Waals surface area contributed by atoms with E-state index in [9.17, 15) is 22.0 Å². The molecule has 2 heterocycles. The average Bonchev–Trinajstić information content (AvgIpc) is 2.94. The fraction of sp³-hybridized carbons (Fsp3) is 0.500. The number of rotatable bonds is 4. The number of carbonyl (C=O) groups excluding carboxylic acids is 1. The molecular formula is C14H15F2N5O4S. The van der Waals surface area contributed by atoms with Crippen LogP contribution in [-0.4, -0.2) is 58.3 Å². The van der Waals surface area contributed by atoms with Crippen LogP contribution in [0.3, 0.4) is 0 Å². The minimum atomic E-state index is -3.18. The molecule has 0 aliphatic carbocycles. The van der Waals surface area contributed by atoms with Crippen LogP contribution in [0, 0.1) is 11.6 Å². The number of benzene rings is 1.